The van der Waals surface area contributed by atoms with Crippen LogP contribution in [-0.4, -0.2) is 40.3 Å². The standard InChI is InChI=1S/C13H16ClNO3/c14-7-9-6-11(16)15(8-9)12(13(17)18)10-4-2-1-3-5-10/h1-2,5,9,12H,3-4,6-8H2,(H,17,18)/t9?,12-/m1/s1. The van der Waals surface area contributed by atoms with E-state index in [4.69, 9.17) is 11.6 Å². The predicted molar refractivity (Wildman–Crippen MR) is 68.4 cm³/mol. The number of carbonyl (C=O) groups excluding carboxylic acids is 1. The summed E-state index contributed by atoms with van der Waals surface area (Å²) in [6.07, 6.45) is 7.55. The molecule has 2 atom stereocenters. The van der Waals surface area contributed by atoms with Crippen LogP contribution in [0.15, 0.2) is 23.8 Å². The fourth-order valence-electron chi connectivity index (χ4n) is 2.50. The predicted octanol–water partition coefficient (Wildman–Crippen LogP) is 1.80. The first-order valence-corrected chi connectivity index (χ1v) is 6.59. The molecule has 1 aliphatic heterocycles. The molecular weight excluding hydrogens is 254 g/mol. The van der Waals surface area contributed by atoms with E-state index in [2.05, 4.69) is 0 Å². The number of carbonyl (C=O) groups is 2. The lowest BCUT2D eigenvalue weighted by molar-refractivity contribution is -0.146. The molecule has 18 heavy (non-hydrogen) atoms. The van der Waals surface area contributed by atoms with Crippen LogP contribution in [0.3, 0.4) is 0 Å². The van der Waals surface area contributed by atoms with Crippen molar-refractivity contribution in [2.75, 3.05) is 12.4 Å². The second kappa shape index (κ2) is 5.57. The van der Waals surface area contributed by atoms with Gasteiger partial charge >= 0.3 is 5.97 Å². The van der Waals surface area contributed by atoms with E-state index in [-0.39, 0.29) is 11.8 Å². The van der Waals surface area contributed by atoms with Crippen LogP contribution < -0.4 is 0 Å². The first-order chi connectivity index (χ1) is 8.63. The van der Waals surface area contributed by atoms with Crippen molar-refractivity contribution in [2.24, 2.45) is 5.92 Å². The number of rotatable bonds is 4. The highest BCUT2D eigenvalue weighted by Gasteiger charge is 2.38. The van der Waals surface area contributed by atoms with Crippen LogP contribution in [-0.2, 0) is 9.59 Å². The van der Waals surface area contributed by atoms with Gasteiger partial charge < -0.3 is 10.0 Å². The van der Waals surface area contributed by atoms with Gasteiger partial charge in [-0.05, 0) is 24.3 Å². The van der Waals surface area contributed by atoms with Crippen LogP contribution >= 0.6 is 11.6 Å². The largest absolute Gasteiger partial charge is 0.479 e. The van der Waals surface area contributed by atoms with Gasteiger partial charge in [-0.1, -0.05) is 18.2 Å². The minimum Gasteiger partial charge on any atom is -0.479 e. The molecule has 0 aromatic rings. The van der Waals surface area contributed by atoms with Crippen LogP contribution in [0, 0.1) is 5.92 Å². The Morgan fingerprint density at radius 2 is 2.33 bits per heavy atom. The molecule has 1 fully saturated rings. The van der Waals surface area contributed by atoms with Crippen molar-refractivity contribution in [3.8, 4) is 0 Å². The molecule has 1 N–H and O–H groups in total. The summed E-state index contributed by atoms with van der Waals surface area (Å²) in [7, 11) is 0. The van der Waals surface area contributed by atoms with E-state index < -0.39 is 12.0 Å². The maximum absolute atomic E-state index is 11.9. The molecule has 1 heterocycles. The van der Waals surface area contributed by atoms with Gasteiger partial charge in [-0.2, -0.15) is 0 Å². The van der Waals surface area contributed by atoms with Crippen molar-refractivity contribution in [1.29, 1.82) is 0 Å². The monoisotopic (exact) mass is 269 g/mol. The van der Waals surface area contributed by atoms with Gasteiger partial charge in [-0.25, -0.2) is 4.79 Å². The third-order valence-electron chi connectivity index (χ3n) is 3.39. The highest BCUT2D eigenvalue weighted by atomic mass is 35.5. The van der Waals surface area contributed by atoms with Gasteiger partial charge in [0.05, 0.1) is 0 Å². The van der Waals surface area contributed by atoms with Crippen molar-refractivity contribution < 1.29 is 14.7 Å². The summed E-state index contributed by atoms with van der Waals surface area (Å²) in [4.78, 5) is 24.8. The number of amides is 1. The summed E-state index contributed by atoms with van der Waals surface area (Å²) in [6, 6.07) is -0.823. The summed E-state index contributed by atoms with van der Waals surface area (Å²) < 4.78 is 0. The van der Waals surface area contributed by atoms with Crippen molar-refractivity contribution in [3.63, 3.8) is 0 Å². The molecule has 1 aliphatic carbocycles. The van der Waals surface area contributed by atoms with Gasteiger partial charge in [0.1, 0.15) is 0 Å². The quantitative estimate of drug-likeness (QED) is 0.625. The molecule has 4 nitrogen and oxygen atoms in total. The van der Waals surface area contributed by atoms with E-state index in [0.717, 1.165) is 12.0 Å². The molecule has 1 saturated heterocycles. The van der Waals surface area contributed by atoms with Gasteiger partial charge in [0.15, 0.2) is 6.04 Å². The zero-order valence-corrected chi connectivity index (χ0v) is 10.8. The number of allylic oxidation sites excluding steroid dienone is 3. The summed E-state index contributed by atoms with van der Waals surface area (Å²) in [5.41, 5.74) is 0.800. The van der Waals surface area contributed by atoms with Crippen LogP contribution in [0.25, 0.3) is 0 Å². The number of nitrogens with zero attached hydrogens (tertiary/aromatic N) is 1. The van der Waals surface area contributed by atoms with Gasteiger partial charge in [0.2, 0.25) is 5.91 Å². The lowest BCUT2D eigenvalue weighted by atomic mass is 9.97. The van der Waals surface area contributed by atoms with Crippen molar-refractivity contribution >= 4 is 23.5 Å². The van der Waals surface area contributed by atoms with Crippen molar-refractivity contribution in [2.45, 2.75) is 25.3 Å². The number of likely N-dealkylation sites (tertiary alicyclic amines) is 1. The number of carboxylic acids is 1. The van der Waals surface area contributed by atoms with E-state index in [1.54, 1.807) is 0 Å². The summed E-state index contributed by atoms with van der Waals surface area (Å²) in [5.74, 6) is -0.600. The molecule has 0 aromatic carbocycles. The molecule has 1 unspecified atom stereocenters. The molecule has 1 amide bonds. The van der Waals surface area contributed by atoms with Crippen molar-refractivity contribution in [3.05, 3.63) is 23.8 Å². The number of aliphatic carboxylic acids is 1. The Morgan fingerprint density at radius 1 is 1.56 bits per heavy atom. The van der Waals surface area contributed by atoms with Gasteiger partial charge in [0.25, 0.3) is 0 Å². The van der Waals surface area contributed by atoms with E-state index in [1.807, 2.05) is 18.2 Å². The molecule has 2 rings (SSSR count). The zero-order valence-electron chi connectivity index (χ0n) is 10.0. The Bertz CT molecular complexity index is 416. The minimum atomic E-state index is -0.958. The minimum absolute atomic E-state index is 0.0701. The van der Waals surface area contributed by atoms with Gasteiger partial charge in [-0.15, -0.1) is 11.6 Å². The Morgan fingerprint density at radius 3 is 2.83 bits per heavy atom. The number of carboxylic acid groups (broad SMARTS) is 1. The van der Waals surface area contributed by atoms with Crippen LogP contribution in [0.1, 0.15) is 19.3 Å². The summed E-state index contributed by atoms with van der Waals surface area (Å²) >= 11 is 5.76. The second-order valence-corrected chi connectivity index (χ2v) is 5.01. The van der Waals surface area contributed by atoms with Gasteiger partial charge in [-0.3, -0.25) is 4.79 Å². The maximum Gasteiger partial charge on any atom is 0.330 e. The highest BCUT2D eigenvalue weighted by molar-refractivity contribution is 6.18. The molecule has 0 spiro atoms. The molecule has 0 saturated carbocycles. The number of hydrogen-bond donors (Lipinski definition) is 1. The summed E-state index contributed by atoms with van der Waals surface area (Å²) in [6.45, 7) is 0.445. The molecule has 0 radical (unpaired) electrons. The Kier molecular flexibility index (Phi) is 4.07. The molecule has 98 valence electrons. The van der Waals surface area contributed by atoms with Gasteiger partial charge in [0, 0.05) is 18.8 Å². The normalized spacial score (nSPS) is 25.2. The smallest absolute Gasteiger partial charge is 0.330 e. The fraction of sp³-hybridized carbons (Fsp3) is 0.538. The topological polar surface area (TPSA) is 57.6 Å². The Labute approximate surface area is 111 Å². The average molecular weight is 270 g/mol. The van der Waals surface area contributed by atoms with E-state index in [9.17, 15) is 14.7 Å². The molecular formula is C13H16ClNO3. The SMILES string of the molecule is O=C(O)[C@@H](C1=CCC=CC1)N1CC(CCl)CC1=O. The number of alkyl halides is 1. The first-order valence-electron chi connectivity index (χ1n) is 6.05. The fourth-order valence-corrected chi connectivity index (χ4v) is 2.70. The first kappa shape index (κ1) is 13.1. The second-order valence-electron chi connectivity index (χ2n) is 4.70. The zero-order chi connectivity index (χ0) is 13.1. The van der Waals surface area contributed by atoms with E-state index >= 15 is 0 Å². The van der Waals surface area contributed by atoms with Crippen LogP contribution in [0.2, 0.25) is 0 Å². The van der Waals surface area contributed by atoms with Crippen molar-refractivity contribution in [1.82, 2.24) is 4.90 Å². The molecule has 5 heteroatoms. The Balaban J connectivity index is 2.18. The van der Waals surface area contributed by atoms with Crippen LogP contribution in [0.5, 0.6) is 0 Å². The number of hydrogen-bond acceptors (Lipinski definition) is 2. The highest BCUT2D eigenvalue weighted by Crippen LogP contribution is 2.27. The van der Waals surface area contributed by atoms with E-state index in [1.165, 1.54) is 4.90 Å². The lowest BCUT2D eigenvalue weighted by Crippen LogP contribution is -2.43. The number of halogens is 1. The lowest BCUT2D eigenvalue weighted by Gasteiger charge is -2.27. The van der Waals surface area contributed by atoms with Crippen LogP contribution in [0.4, 0.5) is 0 Å². The van der Waals surface area contributed by atoms with E-state index in [0.29, 0.717) is 25.3 Å². The average Bonchev–Trinajstić information content (AvgIpc) is 2.72. The third-order valence-corrected chi connectivity index (χ3v) is 3.83. The third kappa shape index (κ3) is 2.58. The molecule has 2 aliphatic rings. The summed E-state index contributed by atoms with van der Waals surface area (Å²) in [5, 5.41) is 9.37. The molecule has 0 bridgehead atoms. The Hall–Kier alpha value is -1.29. The molecule has 0 aromatic heterocycles. The maximum atomic E-state index is 11.9.